The van der Waals surface area contributed by atoms with Crippen LogP contribution >= 0.6 is 11.6 Å². The zero-order chi connectivity index (χ0) is 17.9. The maximum absolute atomic E-state index is 12.6. The van der Waals surface area contributed by atoms with Crippen LogP contribution in [-0.2, 0) is 4.74 Å². The number of rotatable bonds is 4. The third-order valence-corrected chi connectivity index (χ3v) is 4.40. The van der Waals surface area contributed by atoms with Gasteiger partial charge in [-0.3, -0.25) is 9.78 Å². The maximum atomic E-state index is 12.6. The van der Waals surface area contributed by atoms with Crippen LogP contribution < -0.4 is 10.1 Å². The quantitative estimate of drug-likeness (QED) is 0.759. The molecule has 1 aliphatic rings. The van der Waals surface area contributed by atoms with Crippen molar-refractivity contribution in [1.82, 2.24) is 9.97 Å². The Bertz CT molecular complexity index is 952. The first-order valence-corrected chi connectivity index (χ1v) is 8.63. The van der Waals surface area contributed by atoms with Crippen LogP contribution in [0.5, 0.6) is 5.88 Å². The van der Waals surface area contributed by atoms with Crippen molar-refractivity contribution in [3.05, 3.63) is 59.4 Å². The summed E-state index contributed by atoms with van der Waals surface area (Å²) in [5.74, 6) is 0.0135. The minimum absolute atomic E-state index is 0.0529. The number of hydrogen-bond acceptors (Lipinski definition) is 5. The molecule has 26 heavy (non-hydrogen) atoms. The van der Waals surface area contributed by atoms with Gasteiger partial charge in [-0.05, 0) is 30.3 Å². The Kier molecular flexibility index (Phi) is 4.69. The molecule has 4 rings (SSSR count). The van der Waals surface area contributed by atoms with Gasteiger partial charge in [0.25, 0.3) is 5.91 Å². The lowest BCUT2D eigenvalue weighted by molar-refractivity contribution is 0.102. The van der Waals surface area contributed by atoms with Gasteiger partial charge < -0.3 is 14.8 Å². The summed E-state index contributed by atoms with van der Waals surface area (Å²) >= 11 is 6.23. The summed E-state index contributed by atoms with van der Waals surface area (Å²) in [4.78, 5) is 21.0. The van der Waals surface area contributed by atoms with E-state index >= 15 is 0 Å². The van der Waals surface area contributed by atoms with Crippen LogP contribution in [-0.4, -0.2) is 35.2 Å². The molecule has 0 spiro atoms. The first-order valence-electron chi connectivity index (χ1n) is 8.26. The van der Waals surface area contributed by atoms with Gasteiger partial charge >= 0.3 is 0 Å². The molecule has 1 fully saturated rings. The molecule has 0 unspecified atom stereocenters. The lowest BCUT2D eigenvalue weighted by atomic mass is 10.1. The van der Waals surface area contributed by atoms with Crippen molar-refractivity contribution in [2.75, 3.05) is 18.5 Å². The first kappa shape index (κ1) is 16.8. The monoisotopic (exact) mass is 369 g/mol. The minimum Gasteiger partial charge on any atom is -0.471 e. The Morgan fingerprint density at radius 2 is 2.19 bits per heavy atom. The van der Waals surface area contributed by atoms with Gasteiger partial charge in [0, 0.05) is 24.2 Å². The summed E-state index contributed by atoms with van der Waals surface area (Å²) in [6.45, 7) is 1.19. The number of fused-ring (bicyclic) bond motifs is 1. The number of anilines is 1. The number of carbonyl (C=O) groups is 1. The summed E-state index contributed by atoms with van der Waals surface area (Å²) in [6, 6.07) is 10.9. The van der Waals surface area contributed by atoms with E-state index in [0.29, 0.717) is 35.4 Å². The molecule has 0 aliphatic carbocycles. The van der Waals surface area contributed by atoms with Gasteiger partial charge in [-0.1, -0.05) is 17.7 Å². The Morgan fingerprint density at radius 3 is 3.00 bits per heavy atom. The lowest BCUT2D eigenvalue weighted by Gasteiger charge is -2.13. The fourth-order valence-electron chi connectivity index (χ4n) is 2.81. The molecular formula is C19H16ClN3O3. The largest absolute Gasteiger partial charge is 0.471 e. The standard InChI is InChI=1S/C19H16ClN3O3/c20-15-9-12(10-22-19(15)26-13-6-8-25-11-13)18(24)23-17-5-1-4-16-14(17)3-2-7-21-16/h1-5,7,9-10,13H,6,8,11H2,(H,23,24)/t13-/m1/s1. The zero-order valence-electron chi connectivity index (χ0n) is 13.8. The molecule has 7 heteroatoms. The highest BCUT2D eigenvalue weighted by Gasteiger charge is 2.20. The molecule has 1 aromatic carbocycles. The zero-order valence-corrected chi connectivity index (χ0v) is 14.6. The van der Waals surface area contributed by atoms with Crippen molar-refractivity contribution in [2.45, 2.75) is 12.5 Å². The van der Waals surface area contributed by atoms with E-state index in [-0.39, 0.29) is 12.0 Å². The van der Waals surface area contributed by atoms with Crippen LogP contribution in [0, 0.1) is 0 Å². The van der Waals surface area contributed by atoms with Crippen molar-refractivity contribution < 1.29 is 14.3 Å². The van der Waals surface area contributed by atoms with Crippen LogP contribution in [0.15, 0.2) is 48.8 Å². The topological polar surface area (TPSA) is 73.3 Å². The van der Waals surface area contributed by atoms with E-state index in [0.717, 1.165) is 17.3 Å². The number of carbonyl (C=O) groups excluding carboxylic acids is 1. The first-order chi connectivity index (χ1) is 12.7. The summed E-state index contributed by atoms with van der Waals surface area (Å²) in [7, 11) is 0. The molecule has 0 radical (unpaired) electrons. The highest BCUT2D eigenvalue weighted by molar-refractivity contribution is 6.32. The van der Waals surface area contributed by atoms with Gasteiger partial charge in [0.05, 0.1) is 30.0 Å². The van der Waals surface area contributed by atoms with E-state index in [4.69, 9.17) is 21.1 Å². The Morgan fingerprint density at radius 1 is 1.27 bits per heavy atom. The van der Waals surface area contributed by atoms with E-state index in [1.807, 2.05) is 30.3 Å². The van der Waals surface area contributed by atoms with Crippen LogP contribution in [0.3, 0.4) is 0 Å². The second-order valence-corrected chi connectivity index (χ2v) is 6.35. The molecule has 1 N–H and O–H groups in total. The van der Waals surface area contributed by atoms with Crippen LogP contribution in [0.25, 0.3) is 10.9 Å². The van der Waals surface area contributed by atoms with Crippen molar-refractivity contribution in [3.63, 3.8) is 0 Å². The van der Waals surface area contributed by atoms with Gasteiger partial charge in [0.2, 0.25) is 5.88 Å². The van der Waals surface area contributed by atoms with Gasteiger partial charge in [-0.15, -0.1) is 0 Å². The number of halogens is 1. The lowest BCUT2D eigenvalue weighted by Crippen LogP contribution is -2.17. The number of nitrogens with one attached hydrogen (secondary N) is 1. The average Bonchev–Trinajstić information content (AvgIpc) is 3.17. The summed E-state index contributed by atoms with van der Waals surface area (Å²) in [5, 5.41) is 4.04. The van der Waals surface area contributed by atoms with Gasteiger partial charge in [0.15, 0.2) is 0 Å². The summed E-state index contributed by atoms with van der Waals surface area (Å²) in [6.07, 6.45) is 3.92. The van der Waals surface area contributed by atoms with Crippen molar-refractivity contribution in [2.24, 2.45) is 0 Å². The van der Waals surface area contributed by atoms with Crippen LogP contribution in [0.4, 0.5) is 5.69 Å². The SMILES string of the molecule is O=C(Nc1cccc2ncccc12)c1cnc(O[C@@H]2CCOC2)c(Cl)c1. The van der Waals surface area contributed by atoms with Crippen molar-refractivity contribution in [3.8, 4) is 5.88 Å². The molecule has 1 atom stereocenters. The summed E-state index contributed by atoms with van der Waals surface area (Å²) < 4.78 is 11.0. The third kappa shape index (κ3) is 3.47. The molecule has 3 aromatic rings. The molecule has 3 heterocycles. The summed E-state index contributed by atoms with van der Waals surface area (Å²) in [5.41, 5.74) is 1.84. The number of ether oxygens (including phenoxy) is 2. The molecule has 1 saturated heterocycles. The van der Waals surface area contributed by atoms with Crippen molar-refractivity contribution in [1.29, 1.82) is 0 Å². The van der Waals surface area contributed by atoms with Crippen LogP contribution in [0.1, 0.15) is 16.8 Å². The fraction of sp³-hybridized carbons (Fsp3) is 0.211. The number of nitrogens with zero attached hydrogens (tertiary/aromatic N) is 2. The molecule has 1 aliphatic heterocycles. The molecule has 2 aromatic heterocycles. The Labute approximate surface area is 155 Å². The number of amides is 1. The molecular weight excluding hydrogens is 354 g/mol. The second kappa shape index (κ2) is 7.27. The van der Waals surface area contributed by atoms with Crippen molar-refractivity contribution >= 4 is 34.1 Å². The van der Waals surface area contributed by atoms with Gasteiger partial charge in [0.1, 0.15) is 11.1 Å². The third-order valence-electron chi connectivity index (χ3n) is 4.13. The number of aromatic nitrogens is 2. The molecule has 132 valence electrons. The van der Waals surface area contributed by atoms with E-state index in [1.165, 1.54) is 6.20 Å². The van der Waals surface area contributed by atoms with E-state index in [2.05, 4.69) is 15.3 Å². The smallest absolute Gasteiger partial charge is 0.257 e. The molecule has 0 bridgehead atoms. The maximum Gasteiger partial charge on any atom is 0.257 e. The van der Waals surface area contributed by atoms with Crippen LogP contribution in [0.2, 0.25) is 5.02 Å². The van der Waals surface area contributed by atoms with Gasteiger partial charge in [-0.2, -0.15) is 0 Å². The minimum atomic E-state index is -0.300. The van der Waals surface area contributed by atoms with Gasteiger partial charge in [-0.25, -0.2) is 4.98 Å². The predicted octanol–water partition coefficient (Wildman–Crippen LogP) is 3.70. The normalized spacial score (nSPS) is 16.6. The molecule has 6 nitrogen and oxygen atoms in total. The number of hydrogen-bond donors (Lipinski definition) is 1. The molecule has 1 amide bonds. The predicted molar refractivity (Wildman–Crippen MR) is 98.8 cm³/mol. The molecule has 0 saturated carbocycles. The fourth-order valence-corrected chi connectivity index (χ4v) is 3.02. The Hall–Kier alpha value is -2.70. The van der Waals surface area contributed by atoms with E-state index < -0.39 is 0 Å². The van der Waals surface area contributed by atoms with E-state index in [9.17, 15) is 4.79 Å². The highest BCUT2D eigenvalue weighted by atomic mass is 35.5. The number of benzene rings is 1. The Balaban J connectivity index is 1.53. The number of pyridine rings is 2. The highest BCUT2D eigenvalue weighted by Crippen LogP contribution is 2.26. The van der Waals surface area contributed by atoms with E-state index in [1.54, 1.807) is 12.3 Å². The average molecular weight is 370 g/mol. The second-order valence-electron chi connectivity index (χ2n) is 5.94.